The van der Waals surface area contributed by atoms with Crippen LogP contribution in [0.2, 0.25) is 0 Å². The number of carbonyl (C=O) groups is 1. The molecule has 0 unspecified atom stereocenters. The standard InChI is InChI=1S/C14H12N2O2S2/c1-9-4-6-20-12(9)7-11-13(17)16(14(19)15-11)8-10-3-2-5-18-10/h2-7H,8H2,1H3,(H,15,19)/b11-7+. The Morgan fingerprint density at radius 3 is 3.00 bits per heavy atom. The van der Waals surface area contributed by atoms with Crippen molar-refractivity contribution in [1.82, 2.24) is 10.2 Å². The van der Waals surface area contributed by atoms with Crippen molar-refractivity contribution in [2.45, 2.75) is 13.5 Å². The van der Waals surface area contributed by atoms with Gasteiger partial charge in [-0.1, -0.05) is 0 Å². The molecular weight excluding hydrogens is 292 g/mol. The molecule has 1 aliphatic rings. The molecule has 0 spiro atoms. The molecule has 2 aromatic heterocycles. The Kier molecular flexibility index (Phi) is 3.42. The molecule has 102 valence electrons. The summed E-state index contributed by atoms with van der Waals surface area (Å²) in [5.74, 6) is 0.579. The van der Waals surface area contributed by atoms with Crippen LogP contribution >= 0.6 is 23.6 Å². The van der Waals surface area contributed by atoms with E-state index in [2.05, 4.69) is 5.32 Å². The number of carbonyl (C=O) groups excluding carboxylic acids is 1. The number of nitrogens with one attached hydrogen (secondary N) is 1. The predicted octanol–water partition coefficient (Wildman–Crippen LogP) is 2.91. The van der Waals surface area contributed by atoms with Crippen LogP contribution in [0.4, 0.5) is 0 Å². The first-order chi connectivity index (χ1) is 9.65. The highest BCUT2D eigenvalue weighted by atomic mass is 32.1. The van der Waals surface area contributed by atoms with Crippen molar-refractivity contribution in [1.29, 1.82) is 0 Å². The largest absolute Gasteiger partial charge is 0.467 e. The molecular formula is C14H12N2O2S2. The molecule has 3 heterocycles. The second-order valence-corrected chi connectivity index (χ2v) is 5.76. The summed E-state index contributed by atoms with van der Waals surface area (Å²) in [6.45, 7) is 2.36. The van der Waals surface area contributed by atoms with E-state index in [0.29, 0.717) is 23.1 Å². The topological polar surface area (TPSA) is 45.5 Å². The minimum Gasteiger partial charge on any atom is -0.467 e. The second kappa shape index (κ2) is 5.22. The van der Waals surface area contributed by atoms with Gasteiger partial charge in [0.1, 0.15) is 11.5 Å². The zero-order valence-electron chi connectivity index (χ0n) is 10.8. The molecule has 0 atom stereocenters. The van der Waals surface area contributed by atoms with Crippen LogP contribution in [-0.2, 0) is 11.3 Å². The minimum atomic E-state index is -0.126. The average molecular weight is 304 g/mol. The molecule has 1 saturated heterocycles. The van der Waals surface area contributed by atoms with Gasteiger partial charge in [-0.05, 0) is 54.4 Å². The zero-order chi connectivity index (χ0) is 14.1. The van der Waals surface area contributed by atoms with Gasteiger partial charge in [0.2, 0.25) is 0 Å². The maximum absolute atomic E-state index is 12.4. The third-order valence-corrected chi connectivity index (χ3v) is 4.32. The van der Waals surface area contributed by atoms with Gasteiger partial charge in [-0.3, -0.25) is 9.69 Å². The number of nitrogens with zero attached hydrogens (tertiary/aromatic N) is 1. The van der Waals surface area contributed by atoms with Crippen LogP contribution < -0.4 is 5.32 Å². The molecule has 1 aliphatic heterocycles. The molecule has 0 bridgehead atoms. The number of furan rings is 1. The van der Waals surface area contributed by atoms with Crippen molar-refractivity contribution in [3.05, 3.63) is 51.7 Å². The van der Waals surface area contributed by atoms with E-state index in [0.717, 1.165) is 10.4 Å². The Morgan fingerprint density at radius 2 is 2.35 bits per heavy atom. The molecule has 1 amide bonds. The second-order valence-electron chi connectivity index (χ2n) is 4.43. The first kappa shape index (κ1) is 13.1. The van der Waals surface area contributed by atoms with Crippen LogP contribution in [0.5, 0.6) is 0 Å². The normalized spacial score (nSPS) is 17.1. The van der Waals surface area contributed by atoms with Crippen LogP contribution in [-0.4, -0.2) is 15.9 Å². The molecule has 0 aliphatic carbocycles. The molecule has 6 heteroatoms. The summed E-state index contributed by atoms with van der Waals surface area (Å²) in [4.78, 5) is 14.9. The highest BCUT2D eigenvalue weighted by Gasteiger charge is 2.31. The monoisotopic (exact) mass is 304 g/mol. The lowest BCUT2D eigenvalue weighted by Crippen LogP contribution is -2.29. The molecule has 0 radical (unpaired) electrons. The van der Waals surface area contributed by atoms with Crippen molar-refractivity contribution in [3.8, 4) is 0 Å². The fraction of sp³-hybridized carbons (Fsp3) is 0.143. The summed E-state index contributed by atoms with van der Waals surface area (Å²) in [6.07, 6.45) is 3.43. The molecule has 4 nitrogen and oxygen atoms in total. The smallest absolute Gasteiger partial charge is 0.276 e. The van der Waals surface area contributed by atoms with Crippen LogP contribution in [0.15, 0.2) is 40.0 Å². The van der Waals surface area contributed by atoms with Crippen molar-refractivity contribution >= 4 is 40.7 Å². The van der Waals surface area contributed by atoms with E-state index in [1.54, 1.807) is 23.7 Å². The van der Waals surface area contributed by atoms with Crippen molar-refractivity contribution in [3.63, 3.8) is 0 Å². The van der Waals surface area contributed by atoms with E-state index in [1.807, 2.05) is 30.5 Å². The number of hydrogen-bond donors (Lipinski definition) is 1. The van der Waals surface area contributed by atoms with Crippen LogP contribution in [0.3, 0.4) is 0 Å². The van der Waals surface area contributed by atoms with E-state index in [4.69, 9.17) is 16.6 Å². The highest BCUT2D eigenvalue weighted by molar-refractivity contribution is 7.80. The number of amides is 1. The highest BCUT2D eigenvalue weighted by Crippen LogP contribution is 2.22. The molecule has 1 fully saturated rings. The third-order valence-electron chi connectivity index (χ3n) is 3.03. The first-order valence-electron chi connectivity index (χ1n) is 6.06. The molecule has 2 aromatic rings. The van der Waals surface area contributed by atoms with Gasteiger partial charge in [0.25, 0.3) is 5.91 Å². The van der Waals surface area contributed by atoms with Gasteiger partial charge in [-0.2, -0.15) is 0 Å². The molecule has 20 heavy (non-hydrogen) atoms. The van der Waals surface area contributed by atoms with Crippen molar-refractivity contribution < 1.29 is 9.21 Å². The SMILES string of the molecule is Cc1ccsc1/C=C1/NC(=S)N(Cc2ccco2)C1=O. The maximum Gasteiger partial charge on any atom is 0.276 e. The van der Waals surface area contributed by atoms with Gasteiger partial charge in [0.05, 0.1) is 12.8 Å². The summed E-state index contributed by atoms with van der Waals surface area (Å²) in [7, 11) is 0. The number of thiophene rings is 1. The van der Waals surface area contributed by atoms with Gasteiger partial charge in [-0.25, -0.2) is 0 Å². The lowest BCUT2D eigenvalue weighted by molar-refractivity contribution is -0.122. The minimum absolute atomic E-state index is 0.126. The average Bonchev–Trinajstić information content (AvgIpc) is 3.11. The van der Waals surface area contributed by atoms with E-state index >= 15 is 0 Å². The fourth-order valence-corrected chi connectivity index (χ4v) is 3.05. The third kappa shape index (κ3) is 2.39. The first-order valence-corrected chi connectivity index (χ1v) is 7.35. The Bertz CT molecular complexity index is 686. The van der Waals surface area contributed by atoms with Crippen molar-refractivity contribution in [2.75, 3.05) is 0 Å². The number of hydrogen-bond acceptors (Lipinski definition) is 4. The zero-order valence-corrected chi connectivity index (χ0v) is 12.4. The summed E-state index contributed by atoms with van der Waals surface area (Å²) in [5, 5.41) is 5.37. The molecule has 0 saturated carbocycles. The Hall–Kier alpha value is -1.92. The lowest BCUT2D eigenvalue weighted by atomic mass is 10.2. The molecule has 0 aromatic carbocycles. The Balaban J connectivity index is 1.83. The van der Waals surface area contributed by atoms with Gasteiger partial charge in [0, 0.05) is 4.88 Å². The summed E-state index contributed by atoms with van der Waals surface area (Å²) >= 11 is 6.81. The Morgan fingerprint density at radius 1 is 1.50 bits per heavy atom. The van der Waals surface area contributed by atoms with Crippen LogP contribution in [0, 0.1) is 6.92 Å². The van der Waals surface area contributed by atoms with Gasteiger partial charge in [0.15, 0.2) is 5.11 Å². The number of rotatable bonds is 3. The fourth-order valence-electron chi connectivity index (χ4n) is 1.94. The summed E-state index contributed by atoms with van der Waals surface area (Å²) < 4.78 is 5.25. The van der Waals surface area contributed by atoms with E-state index in [1.165, 1.54) is 4.90 Å². The van der Waals surface area contributed by atoms with Crippen molar-refractivity contribution in [2.24, 2.45) is 0 Å². The van der Waals surface area contributed by atoms with Gasteiger partial charge in [-0.15, -0.1) is 11.3 Å². The van der Waals surface area contributed by atoms with Crippen LogP contribution in [0.1, 0.15) is 16.2 Å². The van der Waals surface area contributed by atoms with Gasteiger partial charge < -0.3 is 9.73 Å². The number of aryl methyl sites for hydroxylation is 1. The van der Waals surface area contributed by atoms with Crippen LogP contribution in [0.25, 0.3) is 6.08 Å². The van der Waals surface area contributed by atoms with Gasteiger partial charge >= 0.3 is 0 Å². The van der Waals surface area contributed by atoms with E-state index in [9.17, 15) is 4.79 Å². The molecule has 3 rings (SSSR count). The van der Waals surface area contributed by atoms with E-state index in [-0.39, 0.29) is 5.91 Å². The predicted molar refractivity (Wildman–Crippen MR) is 82.0 cm³/mol. The molecule has 1 N–H and O–H groups in total. The Labute approximate surface area is 125 Å². The quantitative estimate of drug-likeness (QED) is 0.699. The lowest BCUT2D eigenvalue weighted by Gasteiger charge is -2.11. The summed E-state index contributed by atoms with van der Waals surface area (Å²) in [6, 6.07) is 5.63. The summed E-state index contributed by atoms with van der Waals surface area (Å²) in [5.41, 5.74) is 1.65. The van der Waals surface area contributed by atoms with E-state index < -0.39 is 0 Å². The maximum atomic E-state index is 12.4. The number of thiocarbonyl (C=S) groups is 1.